The maximum absolute atomic E-state index is 4.37. The Morgan fingerprint density at radius 2 is 1.50 bits per heavy atom. The van der Waals surface area contributed by atoms with Gasteiger partial charge in [-0.1, -0.05) is 60.7 Å². The van der Waals surface area contributed by atoms with Gasteiger partial charge in [-0.15, -0.1) is 23.1 Å². The second-order valence-electron chi connectivity index (χ2n) is 4.44. The van der Waals surface area contributed by atoms with E-state index >= 15 is 0 Å². The Balaban J connectivity index is 1.84. The molecule has 100 valence electrons. The lowest BCUT2D eigenvalue weighted by Gasteiger charge is -2.17. The third kappa shape index (κ3) is 3.30. The van der Waals surface area contributed by atoms with Crippen LogP contribution in [0.4, 0.5) is 0 Å². The molecule has 0 aliphatic rings. The topological polar surface area (TPSA) is 12.9 Å². The van der Waals surface area contributed by atoms with Crippen molar-refractivity contribution >= 4 is 23.1 Å². The summed E-state index contributed by atoms with van der Waals surface area (Å²) in [5, 5.41) is 3.59. The number of thioether (sulfide) groups is 1. The molecule has 0 N–H and O–H groups in total. The Morgan fingerprint density at radius 3 is 2.00 bits per heavy atom. The van der Waals surface area contributed by atoms with Gasteiger partial charge in [-0.3, -0.25) is 0 Å². The Labute approximate surface area is 127 Å². The molecule has 0 aliphatic carbocycles. The van der Waals surface area contributed by atoms with Gasteiger partial charge in [0, 0.05) is 17.3 Å². The minimum Gasteiger partial charge on any atom is -0.249 e. The largest absolute Gasteiger partial charge is 0.249 e. The molecular formula is C17H15NS2. The van der Waals surface area contributed by atoms with Crippen molar-refractivity contribution in [3.8, 4) is 0 Å². The van der Waals surface area contributed by atoms with Crippen molar-refractivity contribution in [1.29, 1.82) is 0 Å². The lowest BCUT2D eigenvalue weighted by molar-refractivity contribution is 1.14. The van der Waals surface area contributed by atoms with Crippen molar-refractivity contribution in [1.82, 2.24) is 4.98 Å². The van der Waals surface area contributed by atoms with Gasteiger partial charge in [0.2, 0.25) is 0 Å². The van der Waals surface area contributed by atoms with Crippen LogP contribution in [0.25, 0.3) is 0 Å². The van der Waals surface area contributed by atoms with E-state index < -0.39 is 0 Å². The first kappa shape index (κ1) is 13.4. The highest BCUT2D eigenvalue weighted by atomic mass is 32.2. The molecule has 0 unspecified atom stereocenters. The molecular weight excluding hydrogens is 282 g/mol. The standard InChI is InChI=1S/C17H15NS2/c1-3-7-14(8-4-1)17(15-9-5-2-6-10-15)20-13-16-18-11-12-19-16/h1-12,17H,13H2. The fourth-order valence-electron chi connectivity index (χ4n) is 2.12. The van der Waals surface area contributed by atoms with Crippen molar-refractivity contribution in [2.24, 2.45) is 0 Å². The molecule has 0 amide bonds. The minimum absolute atomic E-state index is 0.362. The Hall–Kier alpha value is -1.58. The summed E-state index contributed by atoms with van der Waals surface area (Å²) < 4.78 is 0. The lowest BCUT2D eigenvalue weighted by atomic mass is 10.0. The molecule has 1 nitrogen and oxygen atoms in total. The van der Waals surface area contributed by atoms with E-state index in [1.165, 1.54) is 16.1 Å². The van der Waals surface area contributed by atoms with Gasteiger partial charge in [0.05, 0.1) is 5.25 Å². The summed E-state index contributed by atoms with van der Waals surface area (Å²) in [6.45, 7) is 0. The summed E-state index contributed by atoms with van der Waals surface area (Å²) >= 11 is 3.66. The van der Waals surface area contributed by atoms with E-state index in [0.717, 1.165) is 5.75 Å². The average molecular weight is 297 g/mol. The van der Waals surface area contributed by atoms with Gasteiger partial charge in [0.25, 0.3) is 0 Å². The predicted molar refractivity (Wildman–Crippen MR) is 88.1 cm³/mol. The van der Waals surface area contributed by atoms with Crippen LogP contribution in [-0.2, 0) is 5.75 Å². The third-order valence-electron chi connectivity index (χ3n) is 3.06. The van der Waals surface area contributed by atoms with Crippen molar-refractivity contribution in [3.05, 3.63) is 88.4 Å². The minimum atomic E-state index is 0.362. The summed E-state index contributed by atoms with van der Waals surface area (Å²) in [5.41, 5.74) is 2.69. The quantitative estimate of drug-likeness (QED) is 0.644. The summed E-state index contributed by atoms with van der Waals surface area (Å²) in [6.07, 6.45) is 1.88. The van der Waals surface area contributed by atoms with Gasteiger partial charge in [-0.05, 0) is 11.1 Å². The lowest BCUT2D eigenvalue weighted by Crippen LogP contribution is -1.97. The molecule has 0 bridgehead atoms. The van der Waals surface area contributed by atoms with Crippen LogP contribution in [0.5, 0.6) is 0 Å². The SMILES string of the molecule is c1ccc(C(SCc2nccs2)c2ccccc2)cc1. The molecule has 0 spiro atoms. The fraction of sp³-hybridized carbons (Fsp3) is 0.118. The number of hydrogen-bond acceptors (Lipinski definition) is 3. The van der Waals surface area contributed by atoms with Gasteiger partial charge >= 0.3 is 0 Å². The molecule has 0 saturated heterocycles. The smallest absolute Gasteiger partial charge is 0.102 e. The fourth-order valence-corrected chi connectivity index (χ4v) is 4.08. The number of rotatable bonds is 5. The molecule has 2 aromatic carbocycles. The van der Waals surface area contributed by atoms with E-state index in [1.807, 2.05) is 23.3 Å². The highest BCUT2D eigenvalue weighted by Gasteiger charge is 2.14. The molecule has 3 rings (SSSR count). The van der Waals surface area contributed by atoms with Crippen LogP contribution in [0, 0.1) is 0 Å². The van der Waals surface area contributed by atoms with E-state index in [9.17, 15) is 0 Å². The maximum Gasteiger partial charge on any atom is 0.102 e. The van der Waals surface area contributed by atoms with Crippen LogP contribution in [0.15, 0.2) is 72.2 Å². The molecule has 0 atom stereocenters. The van der Waals surface area contributed by atoms with E-state index in [2.05, 4.69) is 65.6 Å². The normalized spacial score (nSPS) is 10.8. The van der Waals surface area contributed by atoms with Crippen LogP contribution in [0.1, 0.15) is 21.4 Å². The van der Waals surface area contributed by atoms with E-state index in [4.69, 9.17) is 0 Å². The predicted octanol–water partition coefficient (Wildman–Crippen LogP) is 5.17. The highest BCUT2D eigenvalue weighted by Crippen LogP contribution is 2.37. The van der Waals surface area contributed by atoms with E-state index in [0.29, 0.717) is 5.25 Å². The van der Waals surface area contributed by atoms with Gasteiger partial charge < -0.3 is 0 Å². The number of nitrogens with zero attached hydrogens (tertiary/aromatic N) is 1. The molecule has 20 heavy (non-hydrogen) atoms. The maximum atomic E-state index is 4.37. The second kappa shape index (κ2) is 6.73. The number of benzene rings is 2. The second-order valence-corrected chi connectivity index (χ2v) is 6.51. The number of thiazole rings is 1. The molecule has 3 aromatic rings. The first-order valence-corrected chi connectivity index (χ1v) is 8.46. The first-order valence-electron chi connectivity index (χ1n) is 6.53. The van der Waals surface area contributed by atoms with Gasteiger partial charge in [0.15, 0.2) is 0 Å². The summed E-state index contributed by atoms with van der Waals surface area (Å²) in [7, 11) is 0. The van der Waals surface area contributed by atoms with E-state index in [-0.39, 0.29) is 0 Å². The molecule has 1 heterocycles. The zero-order chi connectivity index (χ0) is 13.6. The van der Waals surface area contributed by atoms with Crippen LogP contribution < -0.4 is 0 Å². The highest BCUT2D eigenvalue weighted by molar-refractivity contribution is 7.99. The molecule has 0 radical (unpaired) electrons. The van der Waals surface area contributed by atoms with Crippen molar-refractivity contribution in [2.75, 3.05) is 0 Å². The zero-order valence-electron chi connectivity index (χ0n) is 11.0. The van der Waals surface area contributed by atoms with Gasteiger partial charge in [-0.25, -0.2) is 4.98 Å². The van der Waals surface area contributed by atoms with E-state index in [1.54, 1.807) is 11.3 Å². The molecule has 0 saturated carbocycles. The summed E-state index contributed by atoms with van der Waals surface area (Å²) in [5.74, 6) is 0.951. The van der Waals surface area contributed by atoms with Crippen molar-refractivity contribution in [3.63, 3.8) is 0 Å². The number of hydrogen-bond donors (Lipinski definition) is 0. The van der Waals surface area contributed by atoms with Gasteiger partial charge in [0.1, 0.15) is 5.01 Å². The summed E-state index contributed by atoms with van der Waals surface area (Å²) in [6, 6.07) is 21.4. The zero-order valence-corrected chi connectivity index (χ0v) is 12.6. The monoisotopic (exact) mass is 297 g/mol. The van der Waals surface area contributed by atoms with Crippen molar-refractivity contribution < 1.29 is 0 Å². The Kier molecular flexibility index (Phi) is 4.51. The average Bonchev–Trinajstić information content (AvgIpc) is 3.03. The Bertz CT molecular complexity index is 581. The van der Waals surface area contributed by atoms with Crippen LogP contribution >= 0.6 is 23.1 Å². The van der Waals surface area contributed by atoms with Crippen molar-refractivity contribution in [2.45, 2.75) is 11.0 Å². The first-order chi connectivity index (χ1) is 9.93. The molecule has 0 aliphatic heterocycles. The molecule has 3 heteroatoms. The van der Waals surface area contributed by atoms with Crippen LogP contribution in [-0.4, -0.2) is 4.98 Å². The van der Waals surface area contributed by atoms with Crippen LogP contribution in [0.3, 0.4) is 0 Å². The molecule has 0 fully saturated rings. The summed E-state index contributed by atoms with van der Waals surface area (Å²) in [4.78, 5) is 4.37. The number of aromatic nitrogens is 1. The van der Waals surface area contributed by atoms with Gasteiger partial charge in [-0.2, -0.15) is 0 Å². The third-order valence-corrected chi connectivity index (χ3v) is 5.34. The van der Waals surface area contributed by atoms with Crippen LogP contribution in [0.2, 0.25) is 0 Å². The molecule has 1 aromatic heterocycles. The Morgan fingerprint density at radius 1 is 0.900 bits per heavy atom.